The third kappa shape index (κ3) is 4.45. The highest BCUT2D eigenvalue weighted by Crippen LogP contribution is 2.13. The van der Waals surface area contributed by atoms with E-state index in [1.807, 2.05) is 35.0 Å². The summed E-state index contributed by atoms with van der Waals surface area (Å²) in [5.74, 6) is 0.319. The number of imidazole rings is 1. The van der Waals surface area contributed by atoms with Crippen molar-refractivity contribution in [1.29, 1.82) is 0 Å². The van der Waals surface area contributed by atoms with Crippen molar-refractivity contribution in [1.82, 2.24) is 14.9 Å². The van der Waals surface area contributed by atoms with Crippen LogP contribution in [0.1, 0.15) is 45.1 Å². The van der Waals surface area contributed by atoms with E-state index < -0.39 is 0 Å². The van der Waals surface area contributed by atoms with Gasteiger partial charge in [-0.1, -0.05) is 38.8 Å². The minimum absolute atomic E-state index is 0.144. The first-order valence-corrected chi connectivity index (χ1v) is 8.09. The molecule has 118 valence electrons. The molecule has 0 saturated heterocycles. The highest BCUT2D eigenvalue weighted by atomic mass is 16.1. The Kier molecular flexibility index (Phi) is 6.19. The fraction of sp³-hybridized carbons (Fsp3) is 0.444. The summed E-state index contributed by atoms with van der Waals surface area (Å²) in [5, 5.41) is 3.06. The van der Waals surface area contributed by atoms with Crippen LogP contribution in [0.2, 0.25) is 0 Å². The van der Waals surface area contributed by atoms with Crippen LogP contribution in [0, 0.1) is 5.92 Å². The molecule has 0 spiro atoms. The topological polar surface area (TPSA) is 46.9 Å². The Morgan fingerprint density at radius 3 is 2.64 bits per heavy atom. The molecule has 1 unspecified atom stereocenters. The van der Waals surface area contributed by atoms with E-state index in [0.717, 1.165) is 36.9 Å². The molecule has 2 aromatic rings. The normalized spacial score (nSPS) is 12.1. The van der Waals surface area contributed by atoms with E-state index in [4.69, 9.17) is 0 Å². The number of nitrogens with one attached hydrogen (secondary N) is 1. The van der Waals surface area contributed by atoms with E-state index in [1.54, 1.807) is 12.5 Å². The standard InChI is InChI=1S/C18H25N3O/c1-3-5-6-16(4-2)18(22)20-13-15-7-9-17(10-8-15)21-12-11-19-14-21/h7-12,14,16H,3-6,13H2,1-2H3,(H,20,22). The van der Waals surface area contributed by atoms with Crippen molar-refractivity contribution >= 4 is 5.91 Å². The Balaban J connectivity index is 1.87. The van der Waals surface area contributed by atoms with Crippen LogP contribution in [0.15, 0.2) is 43.0 Å². The van der Waals surface area contributed by atoms with Gasteiger partial charge < -0.3 is 9.88 Å². The summed E-state index contributed by atoms with van der Waals surface area (Å²) in [4.78, 5) is 16.2. The van der Waals surface area contributed by atoms with Crippen LogP contribution in [-0.4, -0.2) is 15.5 Å². The lowest BCUT2D eigenvalue weighted by Gasteiger charge is -2.14. The van der Waals surface area contributed by atoms with Crippen LogP contribution in [0.5, 0.6) is 0 Å². The molecular weight excluding hydrogens is 274 g/mol. The number of carbonyl (C=O) groups is 1. The zero-order valence-electron chi connectivity index (χ0n) is 13.5. The highest BCUT2D eigenvalue weighted by Gasteiger charge is 2.15. The maximum Gasteiger partial charge on any atom is 0.223 e. The monoisotopic (exact) mass is 299 g/mol. The number of hydrogen-bond acceptors (Lipinski definition) is 2. The van der Waals surface area contributed by atoms with Crippen LogP contribution >= 0.6 is 0 Å². The summed E-state index contributed by atoms with van der Waals surface area (Å²) in [7, 11) is 0. The fourth-order valence-electron chi connectivity index (χ4n) is 2.50. The minimum Gasteiger partial charge on any atom is -0.352 e. The van der Waals surface area contributed by atoms with Crippen LogP contribution < -0.4 is 5.32 Å². The largest absolute Gasteiger partial charge is 0.352 e. The molecule has 0 radical (unpaired) electrons. The molecule has 0 saturated carbocycles. The molecule has 0 fully saturated rings. The second-order valence-corrected chi connectivity index (χ2v) is 5.60. The van der Waals surface area contributed by atoms with E-state index >= 15 is 0 Å². The zero-order valence-corrected chi connectivity index (χ0v) is 13.5. The van der Waals surface area contributed by atoms with Crippen LogP contribution in [-0.2, 0) is 11.3 Å². The lowest BCUT2D eigenvalue weighted by Crippen LogP contribution is -2.30. The molecule has 1 aromatic heterocycles. The lowest BCUT2D eigenvalue weighted by molar-refractivity contribution is -0.125. The van der Waals surface area contributed by atoms with E-state index in [9.17, 15) is 4.79 Å². The molecule has 1 N–H and O–H groups in total. The second-order valence-electron chi connectivity index (χ2n) is 5.60. The molecular formula is C18H25N3O. The van der Waals surface area contributed by atoms with Gasteiger partial charge >= 0.3 is 0 Å². The summed E-state index contributed by atoms with van der Waals surface area (Å²) in [6.07, 6.45) is 9.59. The third-order valence-corrected chi connectivity index (χ3v) is 3.98. The van der Waals surface area contributed by atoms with Crippen molar-refractivity contribution in [2.75, 3.05) is 0 Å². The van der Waals surface area contributed by atoms with Gasteiger partial charge in [0.2, 0.25) is 5.91 Å². The minimum atomic E-state index is 0.144. The Bertz CT molecular complexity index is 561. The molecule has 0 aliphatic heterocycles. The van der Waals surface area contributed by atoms with Gasteiger partial charge in [0.15, 0.2) is 0 Å². The first-order chi connectivity index (χ1) is 10.7. The Labute approximate surface area is 132 Å². The number of hydrogen-bond donors (Lipinski definition) is 1. The molecule has 22 heavy (non-hydrogen) atoms. The molecule has 1 heterocycles. The molecule has 0 aliphatic carbocycles. The molecule has 0 aliphatic rings. The van der Waals surface area contributed by atoms with Gasteiger partial charge in [0, 0.05) is 30.5 Å². The smallest absolute Gasteiger partial charge is 0.223 e. The van der Waals surface area contributed by atoms with Gasteiger partial charge in [0.1, 0.15) is 0 Å². The van der Waals surface area contributed by atoms with Crippen molar-refractivity contribution in [3.8, 4) is 5.69 Å². The summed E-state index contributed by atoms with van der Waals surface area (Å²) in [6.45, 7) is 4.83. The van der Waals surface area contributed by atoms with Gasteiger partial charge in [-0.05, 0) is 30.5 Å². The van der Waals surface area contributed by atoms with Gasteiger partial charge in [-0.25, -0.2) is 4.98 Å². The number of amides is 1. The molecule has 1 aromatic carbocycles. The predicted octanol–water partition coefficient (Wildman–Crippen LogP) is 3.70. The first kappa shape index (κ1) is 16.3. The number of carbonyl (C=O) groups excluding carboxylic acids is 1. The fourth-order valence-corrected chi connectivity index (χ4v) is 2.50. The van der Waals surface area contributed by atoms with Crippen LogP contribution in [0.4, 0.5) is 0 Å². The molecule has 2 rings (SSSR count). The van der Waals surface area contributed by atoms with E-state index in [-0.39, 0.29) is 11.8 Å². The predicted molar refractivity (Wildman–Crippen MR) is 88.7 cm³/mol. The molecule has 0 bridgehead atoms. The maximum atomic E-state index is 12.2. The quantitative estimate of drug-likeness (QED) is 0.808. The number of aromatic nitrogens is 2. The zero-order chi connectivity index (χ0) is 15.8. The van der Waals surface area contributed by atoms with Gasteiger partial charge in [0.25, 0.3) is 0 Å². The summed E-state index contributed by atoms with van der Waals surface area (Å²) < 4.78 is 1.96. The third-order valence-electron chi connectivity index (χ3n) is 3.98. The maximum absolute atomic E-state index is 12.2. The van der Waals surface area contributed by atoms with Crippen molar-refractivity contribution in [2.24, 2.45) is 5.92 Å². The number of nitrogens with zero attached hydrogens (tertiary/aromatic N) is 2. The molecule has 4 heteroatoms. The van der Waals surface area contributed by atoms with Gasteiger partial charge in [0.05, 0.1) is 6.33 Å². The Morgan fingerprint density at radius 1 is 1.27 bits per heavy atom. The van der Waals surface area contributed by atoms with Crippen molar-refractivity contribution in [2.45, 2.75) is 46.1 Å². The Hall–Kier alpha value is -2.10. The summed E-state index contributed by atoms with van der Waals surface area (Å²) in [5.41, 5.74) is 2.18. The van der Waals surface area contributed by atoms with Crippen molar-refractivity contribution < 1.29 is 4.79 Å². The SMILES string of the molecule is CCCCC(CC)C(=O)NCc1ccc(-n2ccnc2)cc1. The Morgan fingerprint density at radius 2 is 2.05 bits per heavy atom. The molecule has 1 atom stereocenters. The average Bonchev–Trinajstić information content (AvgIpc) is 3.08. The van der Waals surface area contributed by atoms with Crippen molar-refractivity contribution in [3.63, 3.8) is 0 Å². The van der Waals surface area contributed by atoms with Crippen LogP contribution in [0.25, 0.3) is 5.69 Å². The molecule has 1 amide bonds. The number of benzene rings is 1. The second kappa shape index (κ2) is 8.37. The van der Waals surface area contributed by atoms with Gasteiger partial charge in [-0.3, -0.25) is 4.79 Å². The lowest BCUT2D eigenvalue weighted by atomic mass is 9.98. The summed E-state index contributed by atoms with van der Waals surface area (Å²) >= 11 is 0. The van der Waals surface area contributed by atoms with Crippen LogP contribution in [0.3, 0.4) is 0 Å². The van der Waals surface area contributed by atoms with E-state index in [0.29, 0.717) is 6.54 Å². The first-order valence-electron chi connectivity index (χ1n) is 8.09. The van der Waals surface area contributed by atoms with Gasteiger partial charge in [-0.15, -0.1) is 0 Å². The molecule has 4 nitrogen and oxygen atoms in total. The van der Waals surface area contributed by atoms with Crippen molar-refractivity contribution in [3.05, 3.63) is 48.5 Å². The number of rotatable bonds is 8. The van der Waals surface area contributed by atoms with E-state index in [1.165, 1.54) is 0 Å². The number of unbranched alkanes of at least 4 members (excludes halogenated alkanes) is 1. The highest BCUT2D eigenvalue weighted by molar-refractivity contribution is 5.78. The summed E-state index contributed by atoms with van der Waals surface area (Å²) in [6, 6.07) is 8.17. The average molecular weight is 299 g/mol. The van der Waals surface area contributed by atoms with Gasteiger partial charge in [-0.2, -0.15) is 0 Å². The van der Waals surface area contributed by atoms with E-state index in [2.05, 4.69) is 24.1 Å².